The van der Waals surface area contributed by atoms with E-state index in [-0.39, 0.29) is 0 Å². The van der Waals surface area contributed by atoms with Crippen LogP contribution < -0.4 is 15.8 Å². The summed E-state index contributed by atoms with van der Waals surface area (Å²) in [6.45, 7) is 9.57. The van der Waals surface area contributed by atoms with Gasteiger partial charge in [-0.1, -0.05) is 25.1 Å². The van der Waals surface area contributed by atoms with Crippen LogP contribution in [0.4, 0.5) is 0 Å². The molecule has 0 saturated carbocycles. The number of hydrogen-bond donors (Lipinski definition) is 2. The molecule has 0 spiro atoms. The molecule has 2 aliphatic rings. The van der Waals surface area contributed by atoms with Crippen LogP contribution in [0.2, 0.25) is 0 Å². The van der Waals surface area contributed by atoms with E-state index < -0.39 is 0 Å². The molecule has 158 valence electrons. The van der Waals surface area contributed by atoms with Crippen molar-refractivity contribution in [1.82, 2.24) is 10.2 Å². The highest BCUT2D eigenvalue weighted by Gasteiger charge is 2.17. The number of aliphatic imine (C=N–C) groups is 1. The number of ether oxygens (including phenoxy) is 1. The summed E-state index contributed by atoms with van der Waals surface area (Å²) in [5.41, 5.74) is 9.67. The second kappa shape index (κ2) is 11.7. The molecule has 29 heavy (non-hydrogen) atoms. The summed E-state index contributed by atoms with van der Waals surface area (Å²) < 4.78 is 6.02. The van der Waals surface area contributed by atoms with Crippen molar-refractivity contribution in [3.8, 4) is 5.75 Å². The van der Waals surface area contributed by atoms with Crippen molar-refractivity contribution in [2.75, 3.05) is 32.8 Å². The van der Waals surface area contributed by atoms with E-state index in [1.54, 1.807) is 0 Å². The van der Waals surface area contributed by atoms with Gasteiger partial charge in [0.15, 0.2) is 0 Å². The minimum Gasteiger partial charge on any atom is -0.494 e. The normalized spacial score (nSPS) is 16.2. The fourth-order valence-electron chi connectivity index (χ4n) is 3.80. The van der Waals surface area contributed by atoms with Crippen LogP contribution >= 0.6 is 0 Å². The summed E-state index contributed by atoms with van der Waals surface area (Å²) in [5.74, 6) is 1.96. The molecule has 0 atom stereocenters. The first kappa shape index (κ1) is 21.4. The van der Waals surface area contributed by atoms with Crippen LogP contribution in [0.15, 0.2) is 47.6 Å². The summed E-state index contributed by atoms with van der Waals surface area (Å²) >= 11 is 0. The molecule has 0 bridgehead atoms. The Labute approximate surface area is 175 Å². The summed E-state index contributed by atoms with van der Waals surface area (Å²) in [6, 6.07) is 6.57. The molecular weight excluding hydrogens is 360 g/mol. The molecule has 1 aromatic rings. The topological polar surface area (TPSA) is 62.9 Å². The summed E-state index contributed by atoms with van der Waals surface area (Å²) in [5, 5.41) is 3.36. The predicted molar refractivity (Wildman–Crippen MR) is 121 cm³/mol. The molecule has 0 saturated heterocycles. The maximum absolute atomic E-state index is 6.02. The van der Waals surface area contributed by atoms with Crippen molar-refractivity contribution in [1.29, 1.82) is 0 Å². The molecule has 5 nitrogen and oxygen atoms in total. The van der Waals surface area contributed by atoms with Gasteiger partial charge in [-0.3, -0.25) is 4.99 Å². The lowest BCUT2D eigenvalue weighted by atomic mass is 10.0. The summed E-state index contributed by atoms with van der Waals surface area (Å²) in [6.07, 6.45) is 11.8. The van der Waals surface area contributed by atoms with Gasteiger partial charge in [0.05, 0.1) is 6.61 Å². The van der Waals surface area contributed by atoms with Gasteiger partial charge < -0.3 is 20.7 Å². The van der Waals surface area contributed by atoms with Crippen LogP contribution in [-0.2, 0) is 13.0 Å². The molecule has 3 rings (SSSR count). The third-order valence-electron chi connectivity index (χ3n) is 5.55. The largest absolute Gasteiger partial charge is 0.494 e. The van der Waals surface area contributed by atoms with E-state index in [1.807, 2.05) is 0 Å². The highest BCUT2D eigenvalue weighted by molar-refractivity contribution is 5.93. The van der Waals surface area contributed by atoms with Crippen LogP contribution in [0.5, 0.6) is 5.75 Å². The predicted octanol–water partition coefficient (Wildman–Crippen LogP) is 3.79. The van der Waals surface area contributed by atoms with Crippen molar-refractivity contribution in [3.63, 3.8) is 0 Å². The number of rotatable bonds is 10. The second-order valence-electron chi connectivity index (χ2n) is 7.85. The van der Waals surface area contributed by atoms with Gasteiger partial charge in [0, 0.05) is 31.9 Å². The SMILES string of the molecule is C=C1CCc2ccc(OCCCNC3=NCCC=C3)cc2CN1CCCCCN. The quantitative estimate of drug-likeness (QED) is 0.591. The smallest absolute Gasteiger partial charge is 0.120 e. The first-order valence-corrected chi connectivity index (χ1v) is 11.1. The third kappa shape index (κ3) is 6.93. The molecule has 5 heteroatoms. The van der Waals surface area contributed by atoms with Gasteiger partial charge in [0.1, 0.15) is 11.6 Å². The molecule has 0 amide bonds. The average molecular weight is 397 g/mol. The van der Waals surface area contributed by atoms with Crippen LogP contribution in [0.1, 0.15) is 49.7 Å². The maximum atomic E-state index is 6.02. The monoisotopic (exact) mass is 396 g/mol. The number of amidine groups is 1. The molecule has 2 aliphatic heterocycles. The van der Waals surface area contributed by atoms with Gasteiger partial charge in [0.2, 0.25) is 0 Å². The number of nitrogens with two attached hydrogens (primary N) is 1. The van der Waals surface area contributed by atoms with E-state index in [1.165, 1.54) is 29.7 Å². The lowest BCUT2D eigenvalue weighted by molar-refractivity contribution is 0.307. The van der Waals surface area contributed by atoms with Crippen molar-refractivity contribution in [2.24, 2.45) is 10.7 Å². The van der Waals surface area contributed by atoms with E-state index >= 15 is 0 Å². The summed E-state index contributed by atoms with van der Waals surface area (Å²) in [4.78, 5) is 6.89. The van der Waals surface area contributed by atoms with E-state index in [2.05, 4.69) is 52.1 Å². The molecular formula is C24H36N4O. The minimum absolute atomic E-state index is 0.707. The fraction of sp³-hybridized carbons (Fsp3) is 0.542. The van der Waals surface area contributed by atoms with E-state index in [0.717, 1.165) is 76.4 Å². The number of allylic oxidation sites excluding steroid dienone is 1. The highest BCUT2D eigenvalue weighted by Crippen LogP contribution is 2.27. The zero-order valence-electron chi connectivity index (χ0n) is 17.7. The van der Waals surface area contributed by atoms with Crippen LogP contribution in [-0.4, -0.2) is 43.5 Å². The Bertz CT molecular complexity index is 726. The van der Waals surface area contributed by atoms with Crippen LogP contribution in [0.25, 0.3) is 0 Å². The van der Waals surface area contributed by atoms with Gasteiger partial charge in [-0.05, 0) is 74.4 Å². The number of nitrogens with one attached hydrogen (secondary N) is 1. The van der Waals surface area contributed by atoms with Crippen molar-refractivity contribution in [3.05, 3.63) is 53.8 Å². The third-order valence-corrected chi connectivity index (χ3v) is 5.55. The Morgan fingerprint density at radius 3 is 2.90 bits per heavy atom. The van der Waals surface area contributed by atoms with Gasteiger partial charge in [-0.25, -0.2) is 0 Å². The molecule has 0 aliphatic carbocycles. The average Bonchev–Trinajstić information content (AvgIpc) is 2.90. The van der Waals surface area contributed by atoms with Gasteiger partial charge >= 0.3 is 0 Å². The molecule has 1 aromatic carbocycles. The van der Waals surface area contributed by atoms with Crippen LogP contribution in [0.3, 0.4) is 0 Å². The highest BCUT2D eigenvalue weighted by atomic mass is 16.5. The van der Waals surface area contributed by atoms with Crippen molar-refractivity contribution in [2.45, 2.75) is 51.5 Å². The molecule has 3 N–H and O–H groups in total. The van der Waals surface area contributed by atoms with Gasteiger partial charge in [-0.15, -0.1) is 0 Å². The zero-order valence-corrected chi connectivity index (χ0v) is 17.7. The standard InChI is InChI=1S/C24H36N4O/c1-20-9-10-21-11-12-23(18-22(21)19-28(20)16-6-2-4-13-25)29-17-7-15-27-24-8-3-5-14-26-24/h3,8,11-12,18H,1-2,4-7,9-10,13-17,19,25H2,(H,26,27). The number of unbranched alkanes of at least 4 members (excludes halogenated alkanes) is 2. The number of benzene rings is 1. The number of fused-ring (bicyclic) bond motifs is 1. The Kier molecular flexibility index (Phi) is 8.62. The zero-order chi connectivity index (χ0) is 20.3. The lowest BCUT2D eigenvalue weighted by Gasteiger charge is -2.25. The first-order chi connectivity index (χ1) is 14.3. The molecule has 0 fully saturated rings. The van der Waals surface area contributed by atoms with Gasteiger partial charge in [0.25, 0.3) is 0 Å². The van der Waals surface area contributed by atoms with Crippen LogP contribution in [0, 0.1) is 0 Å². The number of hydrogen-bond acceptors (Lipinski definition) is 5. The van der Waals surface area contributed by atoms with Crippen molar-refractivity contribution >= 4 is 5.84 Å². The number of nitrogens with zero attached hydrogens (tertiary/aromatic N) is 2. The minimum atomic E-state index is 0.707. The lowest BCUT2D eigenvalue weighted by Crippen LogP contribution is -2.25. The number of dihydropyridines is 1. The number of aryl methyl sites for hydroxylation is 1. The Morgan fingerprint density at radius 2 is 2.07 bits per heavy atom. The Balaban J connectivity index is 1.46. The second-order valence-corrected chi connectivity index (χ2v) is 7.85. The maximum Gasteiger partial charge on any atom is 0.120 e. The molecule has 0 aromatic heterocycles. The van der Waals surface area contributed by atoms with E-state index in [0.29, 0.717) is 6.61 Å². The molecule has 0 unspecified atom stereocenters. The fourth-order valence-corrected chi connectivity index (χ4v) is 3.80. The Morgan fingerprint density at radius 1 is 1.14 bits per heavy atom. The summed E-state index contributed by atoms with van der Waals surface area (Å²) in [7, 11) is 0. The van der Waals surface area contributed by atoms with E-state index in [9.17, 15) is 0 Å². The Hall–Kier alpha value is -2.27. The molecule has 2 heterocycles. The first-order valence-electron chi connectivity index (χ1n) is 11.1. The van der Waals surface area contributed by atoms with Gasteiger partial charge in [-0.2, -0.15) is 0 Å². The molecule has 0 radical (unpaired) electrons. The van der Waals surface area contributed by atoms with E-state index in [4.69, 9.17) is 10.5 Å². The van der Waals surface area contributed by atoms with Crippen molar-refractivity contribution < 1.29 is 4.74 Å².